The number of esters is 1. The van der Waals surface area contributed by atoms with Crippen molar-refractivity contribution in [3.8, 4) is 11.5 Å². The van der Waals surface area contributed by atoms with Crippen LogP contribution in [0.1, 0.15) is 36.6 Å². The molecule has 6 rings (SSSR count). The van der Waals surface area contributed by atoms with E-state index in [-0.39, 0.29) is 30.0 Å². The number of para-hydroxylation sites is 1. The molecular weight excluding hydrogens is 606 g/mol. The smallest absolute Gasteiger partial charge is 0.338 e. The lowest BCUT2D eigenvalue weighted by atomic mass is 9.90. The Morgan fingerprint density at radius 3 is 2.50 bits per heavy atom. The molecule has 0 N–H and O–H groups in total. The first-order chi connectivity index (χ1) is 22.3. The van der Waals surface area contributed by atoms with Gasteiger partial charge in [-0.3, -0.25) is 19.5 Å². The van der Waals surface area contributed by atoms with Gasteiger partial charge in [-0.2, -0.15) is 0 Å². The topological polar surface area (TPSA) is 122 Å². The van der Waals surface area contributed by atoms with Crippen molar-refractivity contribution in [1.29, 1.82) is 0 Å². The predicted octanol–water partition coefficient (Wildman–Crippen LogP) is 5.45. The van der Waals surface area contributed by atoms with Crippen LogP contribution in [-0.4, -0.2) is 29.2 Å². The molecule has 232 valence electrons. The molecule has 10 nitrogen and oxygen atoms in total. The fourth-order valence-corrected chi connectivity index (χ4v) is 6.59. The average Bonchev–Trinajstić information content (AvgIpc) is 3.37. The number of aromatic nitrogens is 1. The number of carbonyl (C=O) groups excluding carboxylic acids is 1. The molecule has 0 aliphatic carbocycles. The summed E-state index contributed by atoms with van der Waals surface area (Å²) < 4.78 is 19.3. The first-order valence-electron chi connectivity index (χ1n) is 14.5. The third-order valence-corrected chi connectivity index (χ3v) is 8.67. The first kappa shape index (κ1) is 30.5. The normalized spacial score (nSPS) is 14.5. The van der Waals surface area contributed by atoms with Crippen LogP contribution >= 0.6 is 11.3 Å². The SMILES string of the molecule is CCOC(=O)C1=C(C)N=c2s/c(=C\c3ccccc3OCc3ccc([N+](=O)[O-])cc3)c(=O)n2[C@@H]1c1c(OC)ccc2ccccc12. The molecule has 11 heteroatoms. The summed E-state index contributed by atoms with van der Waals surface area (Å²) in [5.74, 6) is 0.505. The van der Waals surface area contributed by atoms with Crippen LogP contribution in [0.2, 0.25) is 0 Å². The molecule has 1 aliphatic heterocycles. The molecule has 0 unspecified atom stereocenters. The number of fused-ring (bicyclic) bond motifs is 2. The molecule has 0 bridgehead atoms. The highest BCUT2D eigenvalue weighted by atomic mass is 32.1. The highest BCUT2D eigenvalue weighted by Crippen LogP contribution is 2.40. The zero-order valence-corrected chi connectivity index (χ0v) is 26.1. The lowest BCUT2D eigenvalue weighted by molar-refractivity contribution is -0.384. The number of hydrogen-bond acceptors (Lipinski definition) is 9. The van der Waals surface area contributed by atoms with E-state index in [0.29, 0.717) is 37.7 Å². The quantitative estimate of drug-likeness (QED) is 0.120. The van der Waals surface area contributed by atoms with Crippen LogP contribution in [-0.2, 0) is 16.1 Å². The number of hydrogen-bond donors (Lipinski definition) is 0. The monoisotopic (exact) mass is 635 g/mol. The van der Waals surface area contributed by atoms with Gasteiger partial charge in [0.2, 0.25) is 0 Å². The number of non-ortho nitro benzene ring substituents is 1. The second-order valence-electron chi connectivity index (χ2n) is 10.5. The van der Waals surface area contributed by atoms with Gasteiger partial charge in [-0.25, -0.2) is 9.79 Å². The molecule has 0 fully saturated rings. The summed E-state index contributed by atoms with van der Waals surface area (Å²) in [5, 5.41) is 12.8. The summed E-state index contributed by atoms with van der Waals surface area (Å²) in [5.41, 5.74) is 2.47. The summed E-state index contributed by atoms with van der Waals surface area (Å²) in [6.45, 7) is 3.82. The average molecular weight is 636 g/mol. The maximum Gasteiger partial charge on any atom is 0.338 e. The Hall–Kier alpha value is -5.55. The molecule has 2 heterocycles. The number of benzene rings is 4. The molecule has 0 saturated heterocycles. The van der Waals surface area contributed by atoms with Gasteiger partial charge in [-0.1, -0.05) is 59.9 Å². The van der Waals surface area contributed by atoms with Crippen molar-refractivity contribution in [2.75, 3.05) is 13.7 Å². The third-order valence-electron chi connectivity index (χ3n) is 7.69. The number of methoxy groups -OCH3 is 1. The lowest BCUT2D eigenvalue weighted by Crippen LogP contribution is -2.40. The fourth-order valence-electron chi connectivity index (χ4n) is 5.55. The van der Waals surface area contributed by atoms with Crippen molar-refractivity contribution >= 4 is 39.8 Å². The Balaban J connectivity index is 1.48. The largest absolute Gasteiger partial charge is 0.496 e. The molecule has 0 radical (unpaired) electrons. The number of allylic oxidation sites excluding steroid dienone is 1. The van der Waals surface area contributed by atoms with E-state index in [0.717, 1.165) is 16.3 Å². The molecule has 0 amide bonds. The van der Waals surface area contributed by atoms with Gasteiger partial charge in [-0.05, 0) is 60.5 Å². The zero-order valence-electron chi connectivity index (χ0n) is 25.3. The highest BCUT2D eigenvalue weighted by Gasteiger charge is 2.36. The van der Waals surface area contributed by atoms with E-state index in [1.165, 1.54) is 23.5 Å². The van der Waals surface area contributed by atoms with E-state index >= 15 is 0 Å². The van der Waals surface area contributed by atoms with Crippen molar-refractivity contribution in [3.63, 3.8) is 0 Å². The maximum absolute atomic E-state index is 14.3. The Morgan fingerprint density at radius 2 is 1.76 bits per heavy atom. The number of carbonyl (C=O) groups is 1. The van der Waals surface area contributed by atoms with Crippen LogP contribution in [0.25, 0.3) is 16.8 Å². The number of ether oxygens (including phenoxy) is 3. The summed E-state index contributed by atoms with van der Waals surface area (Å²) in [6.07, 6.45) is 1.75. The van der Waals surface area contributed by atoms with Gasteiger partial charge in [0.1, 0.15) is 24.1 Å². The molecule has 46 heavy (non-hydrogen) atoms. The number of nitro benzene ring substituents is 1. The molecule has 4 aromatic carbocycles. The fraction of sp³-hybridized carbons (Fsp3) is 0.171. The van der Waals surface area contributed by atoms with E-state index < -0.39 is 16.9 Å². The van der Waals surface area contributed by atoms with E-state index in [1.807, 2.05) is 54.6 Å². The molecule has 1 aromatic heterocycles. The summed E-state index contributed by atoms with van der Waals surface area (Å²) in [7, 11) is 1.56. The van der Waals surface area contributed by atoms with Crippen LogP contribution < -0.4 is 24.4 Å². The highest BCUT2D eigenvalue weighted by molar-refractivity contribution is 7.07. The van der Waals surface area contributed by atoms with Crippen LogP contribution in [0.3, 0.4) is 0 Å². The Morgan fingerprint density at radius 1 is 1.02 bits per heavy atom. The van der Waals surface area contributed by atoms with Crippen molar-refractivity contribution in [2.24, 2.45) is 4.99 Å². The van der Waals surface area contributed by atoms with Crippen LogP contribution in [0.15, 0.2) is 106 Å². The number of thiazole rings is 1. The second-order valence-corrected chi connectivity index (χ2v) is 11.5. The van der Waals surface area contributed by atoms with E-state index in [2.05, 4.69) is 0 Å². The number of nitrogens with zero attached hydrogens (tertiary/aromatic N) is 3. The molecule has 0 spiro atoms. The predicted molar refractivity (Wildman–Crippen MR) is 175 cm³/mol. The van der Waals surface area contributed by atoms with Crippen molar-refractivity contribution < 1.29 is 23.9 Å². The van der Waals surface area contributed by atoms with E-state index in [9.17, 15) is 19.7 Å². The molecule has 5 aromatic rings. The van der Waals surface area contributed by atoms with Crippen LogP contribution in [0.5, 0.6) is 11.5 Å². The summed E-state index contributed by atoms with van der Waals surface area (Å²) in [6, 6.07) is 24.1. The number of nitro groups is 1. The van der Waals surface area contributed by atoms with Gasteiger partial charge >= 0.3 is 5.97 Å². The van der Waals surface area contributed by atoms with Gasteiger partial charge in [0, 0.05) is 23.3 Å². The molecular formula is C35H29N3O7S. The summed E-state index contributed by atoms with van der Waals surface area (Å²) >= 11 is 1.21. The summed E-state index contributed by atoms with van der Waals surface area (Å²) in [4.78, 5) is 43.5. The van der Waals surface area contributed by atoms with Crippen molar-refractivity contribution in [2.45, 2.75) is 26.5 Å². The van der Waals surface area contributed by atoms with Gasteiger partial charge in [0.05, 0.1) is 34.4 Å². The lowest BCUT2D eigenvalue weighted by Gasteiger charge is -2.27. The Kier molecular flexibility index (Phi) is 8.49. The van der Waals surface area contributed by atoms with Gasteiger partial charge < -0.3 is 14.2 Å². The van der Waals surface area contributed by atoms with Crippen molar-refractivity contribution in [3.05, 3.63) is 143 Å². The van der Waals surface area contributed by atoms with E-state index in [4.69, 9.17) is 19.2 Å². The van der Waals surface area contributed by atoms with Crippen molar-refractivity contribution in [1.82, 2.24) is 4.57 Å². The standard InChI is InChI=1S/C35H29N3O7S/c1-4-44-34(40)30-21(2)36-35-37(32(30)31-26-11-7-5-9-23(26)15-18-28(31)43-3)33(39)29(46-35)19-24-10-6-8-12-27(24)45-20-22-13-16-25(17-14-22)38(41)42/h5-19,32H,4,20H2,1-3H3/b29-19-/t32-/m0/s1. The molecule has 1 atom stereocenters. The Labute approximate surface area is 267 Å². The minimum absolute atomic E-state index is 0.000278. The second kappa shape index (κ2) is 12.8. The minimum atomic E-state index is -0.855. The van der Waals surface area contributed by atoms with Gasteiger partial charge in [0.15, 0.2) is 4.80 Å². The van der Waals surface area contributed by atoms with Crippen LogP contribution in [0, 0.1) is 10.1 Å². The molecule has 0 saturated carbocycles. The number of rotatable bonds is 9. The van der Waals surface area contributed by atoms with Gasteiger partial charge in [0.25, 0.3) is 11.2 Å². The minimum Gasteiger partial charge on any atom is -0.496 e. The maximum atomic E-state index is 14.3. The van der Waals surface area contributed by atoms with Gasteiger partial charge in [-0.15, -0.1) is 0 Å². The van der Waals surface area contributed by atoms with E-state index in [1.54, 1.807) is 49.8 Å². The first-order valence-corrected chi connectivity index (χ1v) is 15.3. The molecule has 1 aliphatic rings. The third kappa shape index (κ3) is 5.68. The Bertz CT molecular complexity index is 2200. The van der Waals surface area contributed by atoms with Crippen LogP contribution in [0.4, 0.5) is 5.69 Å². The zero-order chi connectivity index (χ0) is 32.4.